The molecule has 0 bridgehead atoms. The van der Waals surface area contributed by atoms with Gasteiger partial charge in [0.15, 0.2) is 0 Å². The summed E-state index contributed by atoms with van der Waals surface area (Å²) >= 11 is 5.69. The van der Waals surface area contributed by atoms with Crippen molar-refractivity contribution in [2.24, 2.45) is 5.92 Å². The predicted octanol–water partition coefficient (Wildman–Crippen LogP) is 2.11. The number of likely N-dealkylation sites (N-methyl/N-ethyl adjacent to an activating group) is 1. The van der Waals surface area contributed by atoms with Gasteiger partial charge in [0.2, 0.25) is 0 Å². The Morgan fingerprint density at radius 2 is 2.40 bits per heavy atom. The summed E-state index contributed by atoms with van der Waals surface area (Å²) in [4.78, 5) is 3.97. The zero-order valence-electron chi connectivity index (χ0n) is 8.96. The predicted molar refractivity (Wildman–Crippen MR) is 60.3 cm³/mol. The lowest BCUT2D eigenvalue weighted by Crippen LogP contribution is -2.36. The molecule has 0 radical (unpaired) electrons. The molecule has 1 N–H and O–H groups in total. The van der Waals surface area contributed by atoms with E-state index < -0.39 is 0 Å². The maximum atomic E-state index is 5.69. The number of hydrogen-bond acceptors (Lipinski definition) is 3. The highest BCUT2D eigenvalue weighted by Gasteiger charge is 2.50. The van der Waals surface area contributed by atoms with Gasteiger partial charge in [0.25, 0.3) is 0 Å². The van der Waals surface area contributed by atoms with E-state index in [0.29, 0.717) is 17.7 Å². The number of ether oxygens (including phenoxy) is 1. The Morgan fingerprint density at radius 3 is 2.87 bits per heavy atom. The molecule has 1 aromatic rings. The van der Waals surface area contributed by atoms with Crippen LogP contribution in [0.2, 0.25) is 5.15 Å². The van der Waals surface area contributed by atoms with Crippen LogP contribution in [0.15, 0.2) is 18.3 Å². The van der Waals surface area contributed by atoms with E-state index in [9.17, 15) is 0 Å². The van der Waals surface area contributed by atoms with Crippen LogP contribution in [0.25, 0.3) is 0 Å². The highest BCUT2D eigenvalue weighted by molar-refractivity contribution is 6.29. The first-order valence-corrected chi connectivity index (χ1v) is 5.47. The molecule has 1 aliphatic rings. The van der Waals surface area contributed by atoms with Gasteiger partial charge in [-0.3, -0.25) is 0 Å². The highest BCUT2D eigenvalue weighted by Crippen LogP contribution is 2.42. The lowest BCUT2D eigenvalue weighted by Gasteiger charge is -2.16. The second kappa shape index (κ2) is 3.99. The van der Waals surface area contributed by atoms with Gasteiger partial charge in [0, 0.05) is 0 Å². The first-order valence-electron chi connectivity index (χ1n) is 5.09. The lowest BCUT2D eigenvalue weighted by atomic mass is 10.2. The van der Waals surface area contributed by atoms with E-state index in [1.165, 1.54) is 6.42 Å². The van der Waals surface area contributed by atoms with Gasteiger partial charge in [-0.2, -0.15) is 0 Å². The third-order valence-electron chi connectivity index (χ3n) is 3.15. The Morgan fingerprint density at radius 1 is 1.67 bits per heavy atom. The van der Waals surface area contributed by atoms with Crippen LogP contribution in [-0.4, -0.2) is 24.2 Å². The van der Waals surface area contributed by atoms with E-state index >= 15 is 0 Å². The summed E-state index contributed by atoms with van der Waals surface area (Å²) in [6.07, 6.45) is 2.82. The van der Waals surface area contributed by atoms with Crippen LogP contribution in [0, 0.1) is 5.92 Å². The molecule has 0 aliphatic heterocycles. The minimum absolute atomic E-state index is 0.166. The second-order valence-electron chi connectivity index (χ2n) is 4.12. The molecular weight excluding hydrogens is 212 g/mol. The van der Waals surface area contributed by atoms with Crippen molar-refractivity contribution in [2.45, 2.75) is 18.9 Å². The van der Waals surface area contributed by atoms with Crippen LogP contribution in [-0.2, 0) is 0 Å². The van der Waals surface area contributed by atoms with Crippen LogP contribution in [0.5, 0.6) is 5.75 Å². The van der Waals surface area contributed by atoms with Gasteiger partial charge < -0.3 is 10.1 Å². The number of aromatic nitrogens is 1. The van der Waals surface area contributed by atoms with E-state index in [-0.39, 0.29) is 5.54 Å². The lowest BCUT2D eigenvalue weighted by molar-refractivity contribution is 0.249. The van der Waals surface area contributed by atoms with Gasteiger partial charge in [-0.05, 0) is 31.5 Å². The third-order valence-corrected chi connectivity index (χ3v) is 3.37. The maximum Gasteiger partial charge on any atom is 0.137 e. The standard InChI is InChI=1S/C11H15ClN2O/c1-8-5-11(8,13-2)7-15-9-3-4-10(12)14-6-9/h3-4,6,8,13H,5,7H2,1-2H3. The topological polar surface area (TPSA) is 34.1 Å². The quantitative estimate of drug-likeness (QED) is 0.799. The summed E-state index contributed by atoms with van der Waals surface area (Å²) in [7, 11) is 1.98. The number of pyridine rings is 1. The Balaban J connectivity index is 1.91. The average Bonchev–Trinajstić information content (AvgIpc) is 2.90. The molecule has 0 amide bonds. The summed E-state index contributed by atoms with van der Waals surface area (Å²) in [5.41, 5.74) is 0.166. The zero-order chi connectivity index (χ0) is 10.9. The van der Waals surface area contributed by atoms with Gasteiger partial charge in [0.1, 0.15) is 17.5 Å². The summed E-state index contributed by atoms with van der Waals surface area (Å²) < 4.78 is 5.67. The van der Waals surface area contributed by atoms with E-state index in [2.05, 4.69) is 17.2 Å². The fraction of sp³-hybridized carbons (Fsp3) is 0.545. The normalized spacial score (nSPS) is 28.9. The van der Waals surface area contributed by atoms with E-state index in [1.807, 2.05) is 13.1 Å². The molecule has 1 aromatic heterocycles. The van der Waals surface area contributed by atoms with Gasteiger partial charge >= 0.3 is 0 Å². The smallest absolute Gasteiger partial charge is 0.137 e. The van der Waals surface area contributed by atoms with Crippen molar-refractivity contribution in [3.05, 3.63) is 23.5 Å². The van der Waals surface area contributed by atoms with E-state index in [1.54, 1.807) is 12.3 Å². The molecule has 1 fully saturated rings. The van der Waals surface area contributed by atoms with Crippen LogP contribution in [0.4, 0.5) is 0 Å². The maximum absolute atomic E-state index is 5.69. The molecule has 2 rings (SSSR count). The van der Waals surface area contributed by atoms with Gasteiger partial charge in [0.05, 0.1) is 11.7 Å². The summed E-state index contributed by atoms with van der Waals surface area (Å²) in [6.45, 7) is 2.91. The minimum Gasteiger partial charge on any atom is -0.490 e. The van der Waals surface area contributed by atoms with Crippen molar-refractivity contribution >= 4 is 11.6 Å². The minimum atomic E-state index is 0.166. The first-order chi connectivity index (χ1) is 7.16. The fourth-order valence-electron chi connectivity index (χ4n) is 1.77. The van der Waals surface area contributed by atoms with Crippen molar-refractivity contribution in [3.63, 3.8) is 0 Å². The monoisotopic (exact) mass is 226 g/mol. The highest BCUT2D eigenvalue weighted by atomic mass is 35.5. The average molecular weight is 227 g/mol. The summed E-state index contributed by atoms with van der Waals surface area (Å²) in [5, 5.41) is 3.80. The van der Waals surface area contributed by atoms with E-state index in [0.717, 1.165) is 5.75 Å². The van der Waals surface area contributed by atoms with Crippen molar-refractivity contribution in [1.82, 2.24) is 10.3 Å². The molecule has 1 saturated carbocycles. The van der Waals surface area contributed by atoms with Crippen LogP contribution < -0.4 is 10.1 Å². The molecule has 0 saturated heterocycles. The molecular formula is C11H15ClN2O. The van der Waals surface area contributed by atoms with Gasteiger partial charge in [-0.25, -0.2) is 4.98 Å². The van der Waals surface area contributed by atoms with Gasteiger partial charge in [-0.15, -0.1) is 0 Å². The van der Waals surface area contributed by atoms with Crippen molar-refractivity contribution in [3.8, 4) is 5.75 Å². The van der Waals surface area contributed by atoms with Crippen LogP contribution >= 0.6 is 11.6 Å². The van der Waals surface area contributed by atoms with Crippen LogP contribution in [0.1, 0.15) is 13.3 Å². The molecule has 2 unspecified atom stereocenters. The fourth-order valence-corrected chi connectivity index (χ4v) is 1.88. The number of hydrogen-bond donors (Lipinski definition) is 1. The molecule has 1 heterocycles. The molecule has 15 heavy (non-hydrogen) atoms. The number of halogens is 1. The molecule has 3 nitrogen and oxygen atoms in total. The van der Waals surface area contributed by atoms with Gasteiger partial charge in [-0.1, -0.05) is 18.5 Å². The second-order valence-corrected chi connectivity index (χ2v) is 4.50. The molecule has 0 aromatic carbocycles. The Kier molecular flexibility index (Phi) is 2.85. The SMILES string of the molecule is CNC1(COc2ccc(Cl)nc2)CC1C. The Bertz CT molecular complexity index is 337. The van der Waals surface area contributed by atoms with Crippen molar-refractivity contribution < 1.29 is 4.74 Å². The number of nitrogens with one attached hydrogen (secondary N) is 1. The number of nitrogens with zero attached hydrogens (tertiary/aromatic N) is 1. The van der Waals surface area contributed by atoms with E-state index in [4.69, 9.17) is 16.3 Å². The summed E-state index contributed by atoms with van der Waals surface area (Å²) in [5.74, 6) is 1.45. The summed E-state index contributed by atoms with van der Waals surface area (Å²) in [6, 6.07) is 3.57. The van der Waals surface area contributed by atoms with Crippen molar-refractivity contribution in [2.75, 3.05) is 13.7 Å². The largest absolute Gasteiger partial charge is 0.490 e. The Labute approximate surface area is 94.8 Å². The molecule has 0 spiro atoms. The molecule has 4 heteroatoms. The third kappa shape index (κ3) is 2.24. The Hall–Kier alpha value is -0.800. The zero-order valence-corrected chi connectivity index (χ0v) is 9.71. The molecule has 82 valence electrons. The van der Waals surface area contributed by atoms with Crippen molar-refractivity contribution in [1.29, 1.82) is 0 Å². The first kappa shape index (κ1) is 10.7. The molecule has 1 aliphatic carbocycles. The number of rotatable bonds is 4. The van der Waals surface area contributed by atoms with Crippen LogP contribution in [0.3, 0.4) is 0 Å². The molecule has 2 atom stereocenters.